The molecule has 2 fully saturated rings. The smallest absolute Gasteiger partial charge is 0.345 e. The predicted octanol–water partition coefficient (Wildman–Crippen LogP) is 6.37. The second-order valence-electron chi connectivity index (χ2n) is 11.9. The van der Waals surface area contributed by atoms with Gasteiger partial charge in [0.25, 0.3) is 0 Å². The first kappa shape index (κ1) is 25.8. The molecule has 0 unspecified atom stereocenters. The van der Waals surface area contributed by atoms with E-state index >= 15 is 0 Å². The molecule has 0 spiro atoms. The van der Waals surface area contributed by atoms with Crippen molar-refractivity contribution in [1.29, 1.82) is 0 Å². The van der Waals surface area contributed by atoms with Gasteiger partial charge in [-0.3, -0.25) is 0 Å². The number of imidazole rings is 2. The van der Waals surface area contributed by atoms with Crippen LogP contribution in [0.1, 0.15) is 55.5 Å². The summed E-state index contributed by atoms with van der Waals surface area (Å²) in [5, 5.41) is 9.22. The van der Waals surface area contributed by atoms with E-state index in [-0.39, 0.29) is 24.6 Å². The molecule has 0 saturated carbocycles. The van der Waals surface area contributed by atoms with Crippen molar-refractivity contribution in [2.24, 2.45) is 5.92 Å². The van der Waals surface area contributed by atoms with Gasteiger partial charge in [0.15, 0.2) is 0 Å². The van der Waals surface area contributed by atoms with Gasteiger partial charge in [-0.25, -0.2) is 9.97 Å². The van der Waals surface area contributed by atoms with Crippen molar-refractivity contribution in [3.63, 3.8) is 0 Å². The Morgan fingerprint density at radius 1 is 1.02 bits per heavy atom. The van der Waals surface area contributed by atoms with Crippen LogP contribution in [0.15, 0.2) is 48.7 Å². The van der Waals surface area contributed by atoms with Crippen molar-refractivity contribution < 1.29 is 18.3 Å². The molecule has 3 aliphatic rings. The molecule has 2 saturated heterocycles. The summed E-state index contributed by atoms with van der Waals surface area (Å²) in [6, 6.07) is 15.8. The fourth-order valence-corrected chi connectivity index (χ4v) is 6.79. The maximum atomic E-state index is 12.4. The highest BCUT2D eigenvalue weighted by atomic mass is 19.3. The summed E-state index contributed by atoms with van der Waals surface area (Å²) in [7, 11) is 0. The Kier molecular flexibility index (Phi) is 6.24. The van der Waals surface area contributed by atoms with Gasteiger partial charge in [0.2, 0.25) is 0 Å². The third-order valence-corrected chi connectivity index (χ3v) is 8.99. The molecule has 4 N–H and O–H groups in total. The summed E-state index contributed by atoms with van der Waals surface area (Å²) in [4.78, 5) is 16.6. The Bertz CT molecular complexity index is 1800. The van der Waals surface area contributed by atoms with E-state index < -0.39 is 6.61 Å². The van der Waals surface area contributed by atoms with Gasteiger partial charge < -0.3 is 30.1 Å². The zero-order chi connectivity index (χ0) is 28.4. The molecule has 3 aliphatic heterocycles. The van der Waals surface area contributed by atoms with Crippen molar-refractivity contribution >= 4 is 21.8 Å². The van der Waals surface area contributed by atoms with Gasteiger partial charge in [-0.2, -0.15) is 8.78 Å². The third-order valence-electron chi connectivity index (χ3n) is 8.99. The van der Waals surface area contributed by atoms with Gasteiger partial charge >= 0.3 is 6.61 Å². The zero-order valence-electron chi connectivity index (χ0n) is 23.2. The van der Waals surface area contributed by atoms with Crippen molar-refractivity contribution in [2.45, 2.75) is 57.5 Å². The Labute approximate surface area is 241 Å². The lowest BCUT2D eigenvalue weighted by molar-refractivity contribution is -0.136. The molecule has 8 rings (SSSR count). The normalized spacial score (nSPS) is 23.5. The number of alkyl halides is 2. The van der Waals surface area contributed by atoms with E-state index in [0.29, 0.717) is 25.6 Å². The van der Waals surface area contributed by atoms with Crippen LogP contribution in [0.2, 0.25) is 0 Å². The second-order valence-corrected chi connectivity index (χ2v) is 11.9. The number of benzene rings is 3. The van der Waals surface area contributed by atoms with Gasteiger partial charge in [0.05, 0.1) is 41.6 Å². The Hall–Kier alpha value is -3.86. The number of fused-ring (bicyclic) bond motifs is 6. The van der Waals surface area contributed by atoms with Gasteiger partial charge in [-0.05, 0) is 78.4 Å². The van der Waals surface area contributed by atoms with E-state index in [1.54, 1.807) is 0 Å². The first-order valence-corrected chi connectivity index (χ1v) is 14.7. The van der Waals surface area contributed by atoms with Crippen LogP contribution in [0.5, 0.6) is 5.75 Å². The number of hydrogen-bond acceptors (Lipinski definition) is 6. The molecule has 42 heavy (non-hydrogen) atoms. The minimum Gasteiger partial charge on any atom is -0.488 e. The SMILES string of the molecule is C[C@H]1CC[C@@H](c2nc3c(ccc4cc5c(cc43)OCc3cc(-c4cnc([C@@H]6C[C@H](COC(F)F)CN6)[nH]4)ccc3-5)[nH]2)N1. The number of nitrogens with zero attached hydrogens (tertiary/aromatic N) is 2. The number of aromatic nitrogens is 4. The molecule has 0 bridgehead atoms. The summed E-state index contributed by atoms with van der Waals surface area (Å²) in [6.45, 7) is 0.630. The summed E-state index contributed by atoms with van der Waals surface area (Å²) in [6.07, 6.45) is 4.78. The molecular formula is C32H32F2N6O2. The summed E-state index contributed by atoms with van der Waals surface area (Å²) in [5.74, 6) is 2.72. The number of ether oxygens (including phenoxy) is 2. The average molecular weight is 571 g/mol. The van der Waals surface area contributed by atoms with E-state index in [9.17, 15) is 8.78 Å². The number of rotatable bonds is 6. The molecule has 0 radical (unpaired) electrons. The molecule has 216 valence electrons. The van der Waals surface area contributed by atoms with Crippen LogP contribution >= 0.6 is 0 Å². The molecule has 2 aromatic heterocycles. The molecule has 5 aromatic rings. The van der Waals surface area contributed by atoms with E-state index in [4.69, 9.17) is 9.72 Å². The standard InChI is InChI=1S/C32H32F2N6O2/c1-16-2-6-25(37-16)31-38-24-7-4-18-10-23-21-5-3-19(9-20(21)15-41-28(23)11-22(18)29(24)40-31)27-13-36-30(39-27)26-8-17(12-35-26)14-42-32(33)34/h3-5,7,9-11,13,16-17,25-26,32,35,37H,2,6,8,12,14-15H2,1H3,(H,36,39)(H,38,40)/t16-,17-,25-,26-/m0/s1. The van der Waals surface area contributed by atoms with Crippen LogP contribution in [0.3, 0.4) is 0 Å². The van der Waals surface area contributed by atoms with Crippen molar-refractivity contribution in [1.82, 2.24) is 30.6 Å². The molecule has 3 aromatic carbocycles. The molecule has 8 nitrogen and oxygen atoms in total. The minimum absolute atomic E-state index is 0.0128. The number of halogens is 2. The topological polar surface area (TPSA) is 99.9 Å². The van der Waals surface area contributed by atoms with Gasteiger partial charge in [0.1, 0.15) is 24.0 Å². The summed E-state index contributed by atoms with van der Waals surface area (Å²) >= 11 is 0. The molecule has 0 aliphatic carbocycles. The molecule has 4 atom stereocenters. The van der Waals surface area contributed by atoms with Crippen molar-refractivity contribution in [2.75, 3.05) is 13.2 Å². The number of aromatic amines is 2. The summed E-state index contributed by atoms with van der Waals surface area (Å²) in [5.41, 5.74) is 7.32. The lowest BCUT2D eigenvalue weighted by atomic mass is 9.92. The number of H-pyrrole nitrogens is 2. The Morgan fingerprint density at radius 2 is 1.95 bits per heavy atom. The maximum Gasteiger partial charge on any atom is 0.345 e. The van der Waals surface area contributed by atoms with Gasteiger partial charge in [0, 0.05) is 23.5 Å². The quantitative estimate of drug-likeness (QED) is 0.189. The van der Waals surface area contributed by atoms with Crippen LogP contribution < -0.4 is 15.4 Å². The largest absolute Gasteiger partial charge is 0.488 e. The van der Waals surface area contributed by atoms with E-state index in [2.05, 4.69) is 79.7 Å². The van der Waals surface area contributed by atoms with Crippen molar-refractivity contribution in [3.05, 3.63) is 65.9 Å². The Morgan fingerprint density at radius 3 is 2.81 bits per heavy atom. The highest BCUT2D eigenvalue weighted by Gasteiger charge is 2.29. The minimum atomic E-state index is -2.73. The van der Waals surface area contributed by atoms with Crippen LogP contribution in [0, 0.1) is 5.92 Å². The van der Waals surface area contributed by atoms with E-state index in [1.165, 1.54) is 0 Å². The van der Waals surface area contributed by atoms with Crippen LogP contribution in [0.4, 0.5) is 8.78 Å². The average Bonchev–Trinajstić information content (AvgIpc) is 3.80. The fourth-order valence-electron chi connectivity index (χ4n) is 6.79. The lowest BCUT2D eigenvalue weighted by Crippen LogP contribution is -2.21. The van der Waals surface area contributed by atoms with E-state index in [0.717, 1.165) is 80.0 Å². The number of nitrogens with one attached hydrogen (secondary N) is 4. The zero-order valence-corrected chi connectivity index (χ0v) is 23.2. The molecule has 0 amide bonds. The predicted molar refractivity (Wildman–Crippen MR) is 156 cm³/mol. The maximum absolute atomic E-state index is 12.4. The number of hydrogen-bond donors (Lipinski definition) is 4. The van der Waals surface area contributed by atoms with Crippen molar-refractivity contribution in [3.8, 4) is 28.1 Å². The molecular weight excluding hydrogens is 538 g/mol. The van der Waals surface area contributed by atoms with Crippen LogP contribution in [-0.4, -0.2) is 45.7 Å². The monoisotopic (exact) mass is 570 g/mol. The lowest BCUT2D eigenvalue weighted by Gasteiger charge is -2.22. The highest BCUT2D eigenvalue weighted by Crippen LogP contribution is 2.43. The molecule has 5 heterocycles. The summed E-state index contributed by atoms with van der Waals surface area (Å²) < 4.78 is 35.6. The second kappa shape index (κ2) is 10.1. The van der Waals surface area contributed by atoms with Crippen LogP contribution in [-0.2, 0) is 11.3 Å². The highest BCUT2D eigenvalue weighted by molar-refractivity contribution is 6.07. The van der Waals surface area contributed by atoms with Crippen LogP contribution in [0.25, 0.3) is 44.2 Å². The molecule has 10 heteroatoms. The first-order valence-electron chi connectivity index (χ1n) is 14.7. The van der Waals surface area contributed by atoms with Gasteiger partial charge in [-0.15, -0.1) is 0 Å². The Balaban J connectivity index is 1.06. The first-order chi connectivity index (χ1) is 20.5. The third kappa shape index (κ3) is 4.54. The fraction of sp³-hybridized carbons (Fsp3) is 0.375. The van der Waals surface area contributed by atoms with E-state index in [1.807, 2.05) is 6.20 Å². The van der Waals surface area contributed by atoms with Gasteiger partial charge in [-0.1, -0.05) is 18.2 Å².